The van der Waals surface area contributed by atoms with E-state index in [4.69, 9.17) is 0 Å². The largest absolute Gasteiger partial charge is 0.294 e. The maximum Gasteiger partial charge on any atom is 0.217 e. The van der Waals surface area contributed by atoms with E-state index in [0.717, 1.165) is 24.9 Å². The van der Waals surface area contributed by atoms with E-state index in [0.29, 0.717) is 0 Å². The molecule has 1 heterocycles. The molecule has 0 bridgehead atoms. The molecule has 0 unspecified atom stereocenters. The van der Waals surface area contributed by atoms with E-state index in [1.54, 1.807) is 4.57 Å². The van der Waals surface area contributed by atoms with Gasteiger partial charge in [0.15, 0.2) is 0 Å². The Kier molecular flexibility index (Phi) is 2.47. The second-order valence-corrected chi connectivity index (χ2v) is 2.56. The van der Waals surface area contributed by atoms with Gasteiger partial charge in [-0.1, -0.05) is 13.8 Å². The molecule has 0 fully saturated rings. The van der Waals surface area contributed by atoms with Crippen molar-refractivity contribution >= 4 is 6.41 Å². The molecule has 0 aliphatic heterocycles. The number of hydrogen-bond donors (Lipinski definition) is 0. The zero-order valence-electron chi connectivity index (χ0n) is 7.00. The first-order chi connectivity index (χ1) is 5.31. The number of aryl methyl sites for hydroxylation is 2. The lowest BCUT2D eigenvalue weighted by atomic mass is 10.2. The number of rotatable bonds is 3. The quantitative estimate of drug-likeness (QED) is 0.602. The van der Waals surface area contributed by atoms with Crippen LogP contribution in [0, 0.1) is 0 Å². The van der Waals surface area contributed by atoms with E-state index >= 15 is 0 Å². The van der Waals surface area contributed by atoms with Crippen LogP contribution in [0.15, 0.2) is 12.3 Å². The van der Waals surface area contributed by atoms with Crippen LogP contribution in [0.1, 0.15) is 25.1 Å². The minimum absolute atomic E-state index is 0.859. The molecule has 0 amide bonds. The maximum atomic E-state index is 10.5. The Morgan fingerprint density at radius 1 is 1.45 bits per heavy atom. The predicted octanol–water partition coefficient (Wildman–Crippen LogP) is 1.65. The highest BCUT2D eigenvalue weighted by molar-refractivity contribution is 5.55. The van der Waals surface area contributed by atoms with Gasteiger partial charge in [0, 0.05) is 11.9 Å². The average Bonchev–Trinajstić information content (AvgIpc) is 2.46. The van der Waals surface area contributed by atoms with Crippen molar-refractivity contribution < 1.29 is 4.79 Å². The number of carbonyl (C=O) groups is 1. The van der Waals surface area contributed by atoms with Gasteiger partial charge in [-0.2, -0.15) is 0 Å². The molecular weight excluding hydrogens is 138 g/mol. The van der Waals surface area contributed by atoms with E-state index in [-0.39, 0.29) is 0 Å². The molecule has 0 aliphatic carbocycles. The molecule has 2 heteroatoms. The van der Waals surface area contributed by atoms with Crippen LogP contribution < -0.4 is 0 Å². The van der Waals surface area contributed by atoms with Crippen LogP contribution in [0.25, 0.3) is 0 Å². The molecule has 0 saturated carbocycles. The second-order valence-electron chi connectivity index (χ2n) is 2.56. The first-order valence-corrected chi connectivity index (χ1v) is 3.96. The highest BCUT2D eigenvalue weighted by Gasteiger charge is 2.00. The number of hydrogen-bond acceptors (Lipinski definition) is 1. The molecule has 0 N–H and O–H groups in total. The molecule has 0 atom stereocenters. The summed E-state index contributed by atoms with van der Waals surface area (Å²) < 4.78 is 1.65. The molecule has 1 rings (SSSR count). The molecule has 1 aromatic heterocycles. The lowest BCUT2D eigenvalue weighted by molar-refractivity contribution is 0.545. The molecule has 0 saturated heterocycles. The van der Waals surface area contributed by atoms with Crippen LogP contribution in [0.4, 0.5) is 0 Å². The van der Waals surface area contributed by atoms with Crippen LogP contribution in [0.2, 0.25) is 0 Å². The highest BCUT2D eigenvalue weighted by atomic mass is 16.1. The van der Waals surface area contributed by atoms with E-state index in [2.05, 4.69) is 19.9 Å². The van der Waals surface area contributed by atoms with Gasteiger partial charge < -0.3 is 0 Å². The summed E-state index contributed by atoms with van der Waals surface area (Å²) in [5.74, 6) is 0. The monoisotopic (exact) mass is 151 g/mol. The number of nitrogens with zero attached hydrogens (tertiary/aromatic N) is 1. The molecule has 1 aromatic rings. The highest BCUT2D eigenvalue weighted by Crippen LogP contribution is 2.07. The third kappa shape index (κ3) is 1.50. The topological polar surface area (TPSA) is 22.0 Å². The second kappa shape index (κ2) is 3.37. The van der Waals surface area contributed by atoms with Crippen molar-refractivity contribution in [1.29, 1.82) is 0 Å². The van der Waals surface area contributed by atoms with Crippen molar-refractivity contribution in [2.75, 3.05) is 0 Å². The van der Waals surface area contributed by atoms with Crippen LogP contribution in [-0.4, -0.2) is 11.0 Å². The summed E-state index contributed by atoms with van der Waals surface area (Å²) >= 11 is 0. The lowest BCUT2D eigenvalue weighted by Crippen LogP contribution is -1.96. The van der Waals surface area contributed by atoms with Gasteiger partial charge in [-0.05, 0) is 24.5 Å². The fourth-order valence-electron chi connectivity index (χ4n) is 1.16. The fraction of sp³-hybridized carbons (Fsp3) is 0.444. The molecule has 2 nitrogen and oxygen atoms in total. The van der Waals surface area contributed by atoms with Gasteiger partial charge in [-0.25, -0.2) is 0 Å². The van der Waals surface area contributed by atoms with Crippen LogP contribution in [0.3, 0.4) is 0 Å². The third-order valence-electron chi connectivity index (χ3n) is 1.87. The maximum absolute atomic E-state index is 10.5. The summed E-state index contributed by atoms with van der Waals surface area (Å²) in [5, 5.41) is 0. The molecule has 60 valence electrons. The molecule has 0 aromatic carbocycles. The Morgan fingerprint density at radius 2 is 2.18 bits per heavy atom. The van der Waals surface area contributed by atoms with Crippen molar-refractivity contribution in [3.8, 4) is 0 Å². The summed E-state index contributed by atoms with van der Waals surface area (Å²) in [6.07, 6.45) is 4.66. The minimum atomic E-state index is 0.859. The van der Waals surface area contributed by atoms with Gasteiger partial charge in [-0.15, -0.1) is 0 Å². The predicted molar refractivity (Wildman–Crippen MR) is 45.3 cm³/mol. The van der Waals surface area contributed by atoms with Crippen LogP contribution in [0.5, 0.6) is 0 Å². The Balaban J connectivity index is 3.01. The van der Waals surface area contributed by atoms with Gasteiger partial charge in [0.1, 0.15) is 0 Å². The van der Waals surface area contributed by atoms with Crippen LogP contribution in [-0.2, 0) is 17.6 Å². The Morgan fingerprint density at radius 3 is 2.55 bits per heavy atom. The summed E-state index contributed by atoms with van der Waals surface area (Å²) in [6.45, 7) is 4.14. The number of aromatic nitrogens is 1. The third-order valence-corrected chi connectivity index (χ3v) is 1.87. The molecular formula is C9H13NO. The van der Waals surface area contributed by atoms with Gasteiger partial charge in [0.25, 0.3) is 0 Å². The van der Waals surface area contributed by atoms with Crippen molar-refractivity contribution in [3.05, 3.63) is 23.5 Å². The first kappa shape index (κ1) is 8.05. The summed E-state index contributed by atoms with van der Waals surface area (Å²) in [4.78, 5) is 10.5. The summed E-state index contributed by atoms with van der Waals surface area (Å²) in [7, 11) is 0. The summed E-state index contributed by atoms with van der Waals surface area (Å²) in [6, 6.07) is 2.08. The van der Waals surface area contributed by atoms with E-state index in [1.807, 2.05) is 6.20 Å². The van der Waals surface area contributed by atoms with E-state index < -0.39 is 0 Å². The zero-order chi connectivity index (χ0) is 8.27. The van der Waals surface area contributed by atoms with E-state index in [1.165, 1.54) is 5.56 Å². The molecule has 0 aliphatic rings. The van der Waals surface area contributed by atoms with Gasteiger partial charge in [0.05, 0.1) is 0 Å². The molecule has 11 heavy (non-hydrogen) atoms. The average molecular weight is 151 g/mol. The SMILES string of the molecule is CCc1cc(CC)n(C=O)c1. The Labute approximate surface area is 66.8 Å². The zero-order valence-corrected chi connectivity index (χ0v) is 7.00. The standard InChI is InChI=1S/C9H13NO/c1-3-8-5-9(4-2)10(6-8)7-11/h5-7H,3-4H2,1-2H3. The van der Waals surface area contributed by atoms with Crippen molar-refractivity contribution in [2.24, 2.45) is 0 Å². The number of carbonyl (C=O) groups excluding carboxylic acids is 1. The summed E-state index contributed by atoms with van der Waals surface area (Å²) in [5.41, 5.74) is 2.32. The minimum Gasteiger partial charge on any atom is -0.294 e. The van der Waals surface area contributed by atoms with Gasteiger partial charge in [-0.3, -0.25) is 9.36 Å². The van der Waals surface area contributed by atoms with Gasteiger partial charge in [0.2, 0.25) is 6.41 Å². The van der Waals surface area contributed by atoms with Crippen molar-refractivity contribution in [3.63, 3.8) is 0 Å². The first-order valence-electron chi connectivity index (χ1n) is 3.96. The van der Waals surface area contributed by atoms with Crippen molar-refractivity contribution in [2.45, 2.75) is 26.7 Å². The van der Waals surface area contributed by atoms with Crippen LogP contribution >= 0.6 is 0 Å². The Bertz CT molecular complexity index is 250. The molecule has 0 radical (unpaired) electrons. The normalized spacial score (nSPS) is 10.0. The van der Waals surface area contributed by atoms with Gasteiger partial charge >= 0.3 is 0 Å². The smallest absolute Gasteiger partial charge is 0.217 e. The lowest BCUT2D eigenvalue weighted by Gasteiger charge is -1.93. The molecule has 0 spiro atoms. The van der Waals surface area contributed by atoms with E-state index in [9.17, 15) is 4.79 Å². The fourth-order valence-corrected chi connectivity index (χ4v) is 1.16. The van der Waals surface area contributed by atoms with Crippen molar-refractivity contribution in [1.82, 2.24) is 4.57 Å². The Hall–Kier alpha value is -1.05.